The molecule has 0 saturated carbocycles. The molecular weight excluding hydrogens is 1180 g/mol. The zero-order valence-electron chi connectivity index (χ0n) is 47.0. The van der Waals surface area contributed by atoms with Gasteiger partial charge in [-0.3, -0.25) is 14.4 Å². The molecule has 2 aliphatic rings. The summed E-state index contributed by atoms with van der Waals surface area (Å²) < 4.78 is 148. The number of aromatic nitrogens is 3. The molecule has 19 nitrogen and oxygen atoms in total. The van der Waals surface area contributed by atoms with Crippen LogP contribution in [0.25, 0.3) is 33.3 Å². The molecule has 0 bridgehead atoms. The summed E-state index contributed by atoms with van der Waals surface area (Å²) in [4.78, 5) is 59.8. The lowest BCUT2D eigenvalue weighted by molar-refractivity contribution is -0.142. The normalized spacial score (nSPS) is 16.1. The summed E-state index contributed by atoms with van der Waals surface area (Å²) >= 11 is 0. The summed E-state index contributed by atoms with van der Waals surface area (Å²) in [5.41, 5.74) is 1.04. The van der Waals surface area contributed by atoms with Crippen LogP contribution in [0.2, 0.25) is 0 Å². The zero-order valence-corrected chi connectivity index (χ0v) is 48.6. The highest BCUT2D eigenvalue weighted by molar-refractivity contribution is 7.90. The molecule has 0 radical (unpaired) electrons. The topological polar surface area (TPSA) is 270 Å². The van der Waals surface area contributed by atoms with Crippen LogP contribution in [0, 0.1) is 23.3 Å². The Balaban J connectivity index is 0.000000193. The summed E-state index contributed by atoms with van der Waals surface area (Å²) in [5.74, 6) is -7.51. The van der Waals surface area contributed by atoms with Gasteiger partial charge < -0.3 is 47.9 Å². The minimum atomic E-state index is -3.62. The number of hydrogen-bond donors (Lipinski definition) is 3. The van der Waals surface area contributed by atoms with E-state index in [9.17, 15) is 45.5 Å². The number of para-hydroxylation sites is 2. The fourth-order valence-corrected chi connectivity index (χ4v) is 12.0. The number of nitrogens with one attached hydrogen (secondary N) is 2. The number of carboxylic acid groups (broad SMARTS) is 1. The summed E-state index contributed by atoms with van der Waals surface area (Å²) in [5, 5.41) is 10.2. The van der Waals surface area contributed by atoms with Crippen LogP contribution in [-0.4, -0.2) is 99.5 Å². The lowest BCUT2D eigenvalue weighted by atomic mass is 9.80. The van der Waals surface area contributed by atoms with Gasteiger partial charge in [0.2, 0.25) is 5.89 Å². The maximum atomic E-state index is 15.2. The number of hydrogen-bond acceptors (Lipinski definition) is 16. The zero-order chi connectivity index (χ0) is 62.3. The number of ether oxygens (including phenoxy) is 6. The van der Waals surface area contributed by atoms with Crippen LogP contribution in [-0.2, 0) is 78.7 Å². The molecule has 5 heterocycles. The highest BCUT2D eigenvalue weighted by Crippen LogP contribution is 2.47. The van der Waals surface area contributed by atoms with Crippen LogP contribution in [0.5, 0.6) is 34.5 Å². The Kier molecular flexibility index (Phi) is 16.6. The molecule has 6 aromatic carbocycles. The van der Waals surface area contributed by atoms with Crippen molar-refractivity contribution >= 4 is 65.2 Å². The van der Waals surface area contributed by atoms with Crippen LogP contribution in [0.1, 0.15) is 70.2 Å². The largest absolute Gasteiger partial charge is 0.492 e. The van der Waals surface area contributed by atoms with Gasteiger partial charge in [0.15, 0.2) is 55.2 Å². The maximum Gasteiger partial charge on any atom is 0.341 e. The molecule has 0 fully saturated rings. The fourth-order valence-electron chi connectivity index (χ4n) is 10.4. The van der Waals surface area contributed by atoms with E-state index < -0.39 is 107 Å². The average Bonchev–Trinajstić information content (AvgIpc) is 1.74. The number of carbonyl (C=O) groups excluding carboxylic acids is 3. The summed E-state index contributed by atoms with van der Waals surface area (Å²) in [7, 11) is -7.18. The second-order valence-electron chi connectivity index (χ2n) is 21.3. The average molecular weight is 1240 g/mol. The van der Waals surface area contributed by atoms with Crippen molar-refractivity contribution in [2.24, 2.45) is 0 Å². The Bertz CT molecular complexity index is 4480. The third kappa shape index (κ3) is 12.6. The fraction of sp³-hybridized carbons (Fsp3) is 0.242. The number of H-pyrrole nitrogens is 2. The minimum absolute atomic E-state index is 0.0359. The number of nitrogens with zero attached hydrogens (tertiary/aromatic N) is 1. The number of esters is 2. The van der Waals surface area contributed by atoms with Gasteiger partial charge in [-0.2, -0.15) is 0 Å². The van der Waals surface area contributed by atoms with Crippen LogP contribution in [0.3, 0.4) is 0 Å². The Morgan fingerprint density at radius 2 is 1.22 bits per heavy atom. The molecule has 2 atom stereocenters. The molecule has 87 heavy (non-hydrogen) atoms. The second-order valence-corrected chi connectivity index (χ2v) is 25.5. The predicted molar refractivity (Wildman–Crippen MR) is 307 cm³/mol. The van der Waals surface area contributed by atoms with Gasteiger partial charge in [-0.1, -0.05) is 36.4 Å². The Morgan fingerprint density at radius 1 is 0.667 bits per heavy atom. The lowest BCUT2D eigenvalue weighted by Gasteiger charge is -2.21. The number of aromatic amines is 2. The predicted octanol–water partition coefficient (Wildman–Crippen LogP) is 10.7. The van der Waals surface area contributed by atoms with Gasteiger partial charge >= 0.3 is 17.9 Å². The van der Waals surface area contributed by atoms with Gasteiger partial charge in [0.1, 0.15) is 54.1 Å². The summed E-state index contributed by atoms with van der Waals surface area (Å²) in [6.07, 6.45) is 6.25. The molecule has 3 aromatic heterocycles. The number of ketones is 1. The molecule has 2 aliphatic heterocycles. The number of sulfone groups is 2. The molecule has 3 N–H and O–H groups in total. The molecule has 452 valence electrons. The van der Waals surface area contributed by atoms with Gasteiger partial charge in [0, 0.05) is 92.2 Å². The van der Waals surface area contributed by atoms with Gasteiger partial charge in [0.05, 0.1) is 58.6 Å². The van der Waals surface area contributed by atoms with Crippen LogP contribution in [0.4, 0.5) is 17.6 Å². The minimum Gasteiger partial charge on any atom is -0.492 e. The van der Waals surface area contributed by atoms with Gasteiger partial charge in [-0.15, -0.1) is 0 Å². The second kappa shape index (κ2) is 23.8. The number of carbonyl (C=O) groups is 4. The van der Waals surface area contributed by atoms with E-state index in [1.165, 1.54) is 30.7 Å². The third-order valence-corrected chi connectivity index (χ3v) is 16.3. The number of Topliss-reactive ketones (excluding diaryl/α,β-unsaturated/α-hetero) is 1. The highest BCUT2D eigenvalue weighted by Gasteiger charge is 2.45. The SMILES string of the molecule is CC1(c2coc(-c3cc(Oc4c(F)cc5[nH]ccc5c4CS(C)(=O)=O)ccc3F)n2)COc2c(CC(=O)O)cccc21.CCOC(=O)Cc1cccc2c1OCC2(C)C(=O)COC(=O)c1cc(Oc2c(F)cc3[nH]ccc3c2CS(C)(=O)=O)ccc1F. The molecule has 25 heteroatoms. The molecule has 0 aliphatic carbocycles. The first-order chi connectivity index (χ1) is 41.2. The van der Waals surface area contributed by atoms with E-state index in [0.717, 1.165) is 48.4 Å². The van der Waals surface area contributed by atoms with Crippen LogP contribution < -0.4 is 18.9 Å². The van der Waals surface area contributed by atoms with E-state index in [2.05, 4.69) is 15.0 Å². The Hall–Kier alpha value is -9.49. The standard InChI is InChI=1S/C32H29F2NO9S.C30H24F2N2O7S/c1-4-41-28(37)12-18-6-5-7-23-29(18)43-17-32(23,2)27(36)15-42-31(38)21-13-19(8-9-24(21)33)44-30-22(16-45(3,39)40)20-10-11-35-26(20)14-25(30)34;1-30(15-40-27-16(10-26(35)36)4-3-5-21(27)30)25-13-39-29(34-25)19-11-17(6-7-22(19)31)41-28-20(14-42(2,37)38)18-8-9-33-24(18)12-23(28)32/h5-11,13-14,35H,4,12,15-17H2,1-3H3;3-9,11-13,33H,10,14-15H2,1-2H3,(H,35,36). The van der Waals surface area contributed by atoms with E-state index in [1.54, 1.807) is 62.5 Å². The van der Waals surface area contributed by atoms with Crippen molar-refractivity contribution in [3.63, 3.8) is 0 Å². The van der Waals surface area contributed by atoms with Crippen molar-refractivity contribution in [1.29, 1.82) is 0 Å². The molecule has 0 saturated heterocycles. The maximum absolute atomic E-state index is 15.2. The quantitative estimate of drug-likeness (QED) is 0.0501. The Morgan fingerprint density at radius 3 is 1.80 bits per heavy atom. The van der Waals surface area contributed by atoms with Gasteiger partial charge in [0.25, 0.3) is 0 Å². The van der Waals surface area contributed by atoms with Crippen molar-refractivity contribution in [3.8, 4) is 46.0 Å². The van der Waals surface area contributed by atoms with Crippen molar-refractivity contribution in [3.05, 3.63) is 184 Å². The van der Waals surface area contributed by atoms with Crippen molar-refractivity contribution < 1.29 is 91.5 Å². The first-order valence-electron chi connectivity index (χ1n) is 26.6. The van der Waals surface area contributed by atoms with Crippen LogP contribution in [0.15, 0.2) is 120 Å². The van der Waals surface area contributed by atoms with E-state index in [1.807, 2.05) is 13.0 Å². The van der Waals surface area contributed by atoms with E-state index in [-0.39, 0.29) is 72.5 Å². The van der Waals surface area contributed by atoms with E-state index in [0.29, 0.717) is 55.7 Å². The molecule has 0 spiro atoms. The highest BCUT2D eigenvalue weighted by atomic mass is 32.2. The summed E-state index contributed by atoms with van der Waals surface area (Å²) in [6, 6.07) is 22.6. The van der Waals surface area contributed by atoms with Gasteiger partial charge in [-0.25, -0.2) is 44.2 Å². The number of aliphatic carboxylic acids is 1. The molecule has 2 unspecified atom stereocenters. The number of fused-ring (bicyclic) bond motifs is 4. The molecule has 9 aromatic rings. The van der Waals surface area contributed by atoms with E-state index in [4.69, 9.17) is 32.8 Å². The molecule has 11 rings (SSSR count). The molecular formula is C62H53F4N3O16S2. The van der Waals surface area contributed by atoms with Crippen molar-refractivity contribution in [2.45, 2.75) is 55.9 Å². The number of carboxylic acids is 1. The molecule has 0 amide bonds. The number of halogens is 4. The van der Waals surface area contributed by atoms with Crippen molar-refractivity contribution in [1.82, 2.24) is 15.0 Å². The van der Waals surface area contributed by atoms with Crippen LogP contribution >= 0.6 is 0 Å². The Labute approximate surface area is 494 Å². The number of benzene rings is 6. The number of rotatable bonds is 19. The van der Waals surface area contributed by atoms with Gasteiger partial charge in [-0.05, 0) is 69.3 Å². The first-order valence-corrected chi connectivity index (χ1v) is 30.8. The summed E-state index contributed by atoms with van der Waals surface area (Å²) in [6.45, 7) is 4.77. The number of oxazole rings is 1. The van der Waals surface area contributed by atoms with E-state index >= 15 is 13.2 Å². The lowest BCUT2D eigenvalue weighted by Crippen LogP contribution is -2.37. The smallest absolute Gasteiger partial charge is 0.341 e. The van der Waals surface area contributed by atoms with Crippen molar-refractivity contribution in [2.75, 3.05) is 38.9 Å². The monoisotopic (exact) mass is 1240 g/mol. The first kappa shape index (κ1) is 60.6. The third-order valence-electron chi connectivity index (χ3n) is 14.7.